The van der Waals surface area contributed by atoms with E-state index in [0.29, 0.717) is 31.7 Å². The fourth-order valence-electron chi connectivity index (χ4n) is 3.49. The molecule has 3 aromatic rings. The van der Waals surface area contributed by atoms with Crippen molar-refractivity contribution in [3.05, 3.63) is 74.7 Å². The van der Waals surface area contributed by atoms with E-state index in [9.17, 15) is 19.7 Å². The summed E-state index contributed by atoms with van der Waals surface area (Å²) in [5.74, 6) is -0.282. The third-order valence-electron chi connectivity index (χ3n) is 5.09. The molecule has 1 aliphatic rings. The van der Waals surface area contributed by atoms with Crippen molar-refractivity contribution in [2.24, 2.45) is 0 Å². The second-order valence-electron chi connectivity index (χ2n) is 6.89. The summed E-state index contributed by atoms with van der Waals surface area (Å²) >= 11 is 0. The first-order chi connectivity index (χ1) is 14.0. The molecule has 1 aliphatic heterocycles. The molecule has 0 atom stereocenters. The number of hydrogen-bond acceptors (Lipinski definition) is 6. The number of anilines is 1. The highest BCUT2D eigenvalue weighted by Crippen LogP contribution is 2.18. The van der Waals surface area contributed by atoms with Gasteiger partial charge in [0.15, 0.2) is 6.20 Å². The van der Waals surface area contributed by atoms with E-state index >= 15 is 0 Å². The molecular formula is C20H19N5O4. The number of aromatic amines is 1. The average molecular weight is 393 g/mol. The number of para-hydroxylation sites is 1. The van der Waals surface area contributed by atoms with Crippen LogP contribution in [0.1, 0.15) is 5.56 Å². The normalized spacial score (nSPS) is 14.2. The monoisotopic (exact) mass is 393 g/mol. The minimum atomic E-state index is -0.533. The van der Waals surface area contributed by atoms with Crippen molar-refractivity contribution in [2.45, 2.75) is 6.42 Å². The first-order valence-corrected chi connectivity index (χ1v) is 9.25. The molecule has 0 bridgehead atoms. The number of pyridine rings is 2. The van der Waals surface area contributed by atoms with Crippen LogP contribution in [0.2, 0.25) is 0 Å². The van der Waals surface area contributed by atoms with Crippen molar-refractivity contribution in [3.8, 4) is 0 Å². The molecule has 4 rings (SSSR count). The number of nitrogens with zero attached hydrogens (tertiary/aromatic N) is 4. The highest BCUT2D eigenvalue weighted by molar-refractivity contribution is 5.82. The van der Waals surface area contributed by atoms with Crippen molar-refractivity contribution >= 4 is 28.3 Å². The molecule has 0 unspecified atom stereocenters. The first kappa shape index (κ1) is 18.6. The molecule has 148 valence electrons. The van der Waals surface area contributed by atoms with Gasteiger partial charge in [-0.3, -0.25) is 9.59 Å². The van der Waals surface area contributed by atoms with Crippen molar-refractivity contribution < 1.29 is 9.72 Å². The van der Waals surface area contributed by atoms with Crippen molar-refractivity contribution in [2.75, 3.05) is 31.1 Å². The van der Waals surface area contributed by atoms with Crippen LogP contribution >= 0.6 is 0 Å². The molecule has 3 heterocycles. The average Bonchev–Trinajstić information content (AvgIpc) is 2.74. The van der Waals surface area contributed by atoms with Gasteiger partial charge >= 0.3 is 5.82 Å². The van der Waals surface area contributed by atoms with E-state index in [4.69, 9.17) is 0 Å². The van der Waals surface area contributed by atoms with Crippen LogP contribution in [0.15, 0.2) is 53.5 Å². The van der Waals surface area contributed by atoms with E-state index in [1.54, 1.807) is 17.0 Å². The van der Waals surface area contributed by atoms with E-state index in [-0.39, 0.29) is 23.7 Å². The van der Waals surface area contributed by atoms with Crippen LogP contribution in [0.25, 0.3) is 10.9 Å². The number of piperazine rings is 1. The highest BCUT2D eigenvalue weighted by atomic mass is 16.6. The largest absolute Gasteiger partial charge is 0.365 e. The van der Waals surface area contributed by atoms with E-state index in [2.05, 4.69) is 9.97 Å². The topological polar surface area (TPSA) is 112 Å². The minimum Gasteiger partial charge on any atom is -0.365 e. The molecule has 0 saturated carbocycles. The van der Waals surface area contributed by atoms with Crippen LogP contribution in [-0.2, 0) is 11.2 Å². The molecule has 0 radical (unpaired) electrons. The molecule has 9 heteroatoms. The number of H-pyrrole nitrogens is 1. The van der Waals surface area contributed by atoms with Crippen molar-refractivity contribution in [3.63, 3.8) is 0 Å². The zero-order valence-corrected chi connectivity index (χ0v) is 15.6. The number of carbonyl (C=O) groups excluding carboxylic acids is 1. The number of aromatic nitrogens is 2. The lowest BCUT2D eigenvalue weighted by Gasteiger charge is -2.35. The van der Waals surface area contributed by atoms with Gasteiger partial charge in [-0.25, -0.2) is 0 Å². The van der Waals surface area contributed by atoms with Gasteiger partial charge in [0, 0.05) is 43.3 Å². The second kappa shape index (κ2) is 7.70. The molecule has 1 aromatic carbocycles. The van der Waals surface area contributed by atoms with Crippen LogP contribution in [-0.4, -0.2) is 51.9 Å². The summed E-state index contributed by atoms with van der Waals surface area (Å²) in [4.78, 5) is 45.6. The van der Waals surface area contributed by atoms with Gasteiger partial charge in [-0.05, 0) is 33.5 Å². The lowest BCUT2D eigenvalue weighted by atomic mass is 10.1. The van der Waals surface area contributed by atoms with Crippen LogP contribution < -0.4 is 10.5 Å². The fourth-order valence-corrected chi connectivity index (χ4v) is 3.49. The molecule has 0 aliphatic carbocycles. The van der Waals surface area contributed by atoms with Gasteiger partial charge in [-0.1, -0.05) is 18.2 Å². The van der Waals surface area contributed by atoms with Gasteiger partial charge in [0.25, 0.3) is 5.56 Å². The van der Waals surface area contributed by atoms with Crippen LogP contribution in [0, 0.1) is 10.1 Å². The van der Waals surface area contributed by atoms with Crippen LogP contribution in [0.5, 0.6) is 0 Å². The summed E-state index contributed by atoms with van der Waals surface area (Å²) in [7, 11) is 0. The quantitative estimate of drug-likeness (QED) is 0.534. The lowest BCUT2D eigenvalue weighted by molar-refractivity contribution is -0.389. The van der Waals surface area contributed by atoms with Gasteiger partial charge < -0.3 is 24.9 Å². The molecule has 1 fully saturated rings. The molecule has 0 spiro atoms. The van der Waals surface area contributed by atoms with Gasteiger partial charge in [-0.2, -0.15) is 0 Å². The SMILES string of the molecule is O=C(Cc1cc2ccccc2[nH]c1=O)N1CCN(c2ccc([N+](=O)[O-])nc2)CC1. The third kappa shape index (κ3) is 3.93. The predicted octanol–water partition coefficient (Wildman–Crippen LogP) is 1.72. The smallest absolute Gasteiger partial charge is 0.363 e. The number of benzene rings is 1. The van der Waals surface area contributed by atoms with Crippen LogP contribution in [0.4, 0.5) is 11.5 Å². The number of carbonyl (C=O) groups is 1. The molecular weight excluding hydrogens is 374 g/mol. The van der Waals surface area contributed by atoms with Crippen molar-refractivity contribution in [1.29, 1.82) is 0 Å². The molecule has 9 nitrogen and oxygen atoms in total. The Bertz CT molecular complexity index is 1120. The van der Waals surface area contributed by atoms with E-state index in [1.165, 1.54) is 12.3 Å². The van der Waals surface area contributed by atoms with Gasteiger partial charge in [0.1, 0.15) is 0 Å². The zero-order valence-electron chi connectivity index (χ0n) is 15.6. The molecule has 1 N–H and O–H groups in total. The molecule has 1 saturated heterocycles. The third-order valence-corrected chi connectivity index (χ3v) is 5.09. The molecule has 29 heavy (non-hydrogen) atoms. The predicted molar refractivity (Wildman–Crippen MR) is 108 cm³/mol. The van der Waals surface area contributed by atoms with E-state index in [1.807, 2.05) is 29.2 Å². The van der Waals surface area contributed by atoms with Crippen LogP contribution in [0.3, 0.4) is 0 Å². The van der Waals surface area contributed by atoms with E-state index < -0.39 is 4.92 Å². The summed E-state index contributed by atoms with van der Waals surface area (Å²) in [5.41, 5.74) is 1.75. The zero-order chi connectivity index (χ0) is 20.4. The Kier molecular flexibility index (Phi) is 4.94. The van der Waals surface area contributed by atoms with Gasteiger partial charge in [0.05, 0.1) is 12.1 Å². The Morgan fingerprint density at radius 2 is 1.90 bits per heavy atom. The number of amides is 1. The van der Waals surface area contributed by atoms with Crippen molar-refractivity contribution in [1.82, 2.24) is 14.9 Å². The lowest BCUT2D eigenvalue weighted by Crippen LogP contribution is -2.49. The number of nitrogens with one attached hydrogen (secondary N) is 1. The fraction of sp³-hybridized carbons (Fsp3) is 0.250. The maximum atomic E-state index is 12.7. The number of rotatable bonds is 4. The number of nitro groups is 1. The number of fused-ring (bicyclic) bond motifs is 1. The van der Waals surface area contributed by atoms with Gasteiger partial charge in [0.2, 0.25) is 5.91 Å². The Morgan fingerprint density at radius 3 is 2.59 bits per heavy atom. The Balaban J connectivity index is 1.40. The van der Waals surface area contributed by atoms with Gasteiger partial charge in [-0.15, -0.1) is 0 Å². The minimum absolute atomic E-state index is 0.0548. The summed E-state index contributed by atoms with van der Waals surface area (Å²) in [6, 6.07) is 12.3. The second-order valence-corrected chi connectivity index (χ2v) is 6.89. The number of hydrogen-bond donors (Lipinski definition) is 1. The maximum absolute atomic E-state index is 12.7. The Labute approximate surface area is 165 Å². The standard InChI is InChI=1S/C20H19N5O4/c26-19(12-15-11-14-3-1-2-4-17(14)22-20(15)27)24-9-7-23(8-10-24)16-5-6-18(21-13-16)25(28)29/h1-6,11,13H,7-10,12H2,(H,22,27). The summed E-state index contributed by atoms with van der Waals surface area (Å²) < 4.78 is 0. The Morgan fingerprint density at radius 1 is 1.14 bits per heavy atom. The maximum Gasteiger partial charge on any atom is 0.363 e. The molecule has 1 amide bonds. The summed E-state index contributed by atoms with van der Waals surface area (Å²) in [5, 5.41) is 11.6. The Hall–Kier alpha value is -3.75. The summed E-state index contributed by atoms with van der Waals surface area (Å²) in [6.07, 6.45) is 1.53. The summed E-state index contributed by atoms with van der Waals surface area (Å²) in [6.45, 7) is 2.22. The van der Waals surface area contributed by atoms with E-state index in [0.717, 1.165) is 16.6 Å². The highest BCUT2D eigenvalue weighted by Gasteiger charge is 2.23. The molecule has 2 aromatic heterocycles. The first-order valence-electron chi connectivity index (χ1n) is 9.25.